The van der Waals surface area contributed by atoms with E-state index in [0.717, 1.165) is 11.1 Å². The molecule has 0 aromatic heterocycles. The maximum Gasteiger partial charge on any atom is 0.337 e. The molecule has 8 heteroatoms. The second kappa shape index (κ2) is 7.60. The molecule has 1 aromatic rings. The van der Waals surface area contributed by atoms with Crippen LogP contribution in [0.25, 0.3) is 5.57 Å². The molecule has 1 saturated carbocycles. The lowest BCUT2D eigenvalue weighted by Gasteiger charge is -2.24. The van der Waals surface area contributed by atoms with E-state index in [1.54, 1.807) is 29.3 Å². The highest BCUT2D eigenvalue weighted by Crippen LogP contribution is 2.51. The van der Waals surface area contributed by atoms with Crippen molar-refractivity contribution in [1.82, 2.24) is 4.90 Å². The van der Waals surface area contributed by atoms with Crippen LogP contribution in [0.1, 0.15) is 28.8 Å². The molecule has 1 aliphatic carbocycles. The summed E-state index contributed by atoms with van der Waals surface area (Å²) in [6, 6.07) is 4.93. The Hall–Kier alpha value is -2.54. The third kappa shape index (κ3) is 4.24. The van der Waals surface area contributed by atoms with E-state index in [1.165, 1.54) is 7.11 Å². The van der Waals surface area contributed by atoms with Gasteiger partial charge in [-0.05, 0) is 23.8 Å². The third-order valence-electron chi connectivity index (χ3n) is 4.55. The number of amidine groups is 1. The van der Waals surface area contributed by atoms with E-state index in [-0.39, 0.29) is 12.8 Å². The average Bonchev–Trinajstić information content (AvgIpc) is 3.26. The van der Waals surface area contributed by atoms with Crippen molar-refractivity contribution in [3.63, 3.8) is 0 Å². The first-order valence-corrected chi connectivity index (χ1v) is 8.67. The highest BCUT2D eigenvalue weighted by atomic mass is 35.5. The van der Waals surface area contributed by atoms with E-state index >= 15 is 0 Å². The number of allylic oxidation sites excluding steroid dienone is 2. The minimum Gasteiger partial charge on any atom is -0.465 e. The number of rotatable bonds is 5. The fourth-order valence-electron chi connectivity index (χ4n) is 2.89. The second-order valence-corrected chi connectivity index (χ2v) is 6.74. The predicted octanol–water partition coefficient (Wildman–Crippen LogP) is 4.40. The number of esters is 1. The molecule has 0 N–H and O–H groups in total. The summed E-state index contributed by atoms with van der Waals surface area (Å²) in [6.07, 6.45) is 5.50. The molecule has 142 valence electrons. The number of carbonyl (C=O) groups excluding carboxylic acids is 1. The van der Waals surface area contributed by atoms with Crippen molar-refractivity contribution in [2.24, 2.45) is 16.1 Å². The number of methoxy groups -OCH3 is 1. The quantitative estimate of drug-likeness (QED) is 0.322. The summed E-state index contributed by atoms with van der Waals surface area (Å²) in [5.74, 6) is -3.32. The number of hydrogen-bond acceptors (Lipinski definition) is 4. The van der Waals surface area contributed by atoms with Crippen molar-refractivity contribution in [3.05, 3.63) is 52.7 Å². The van der Waals surface area contributed by atoms with E-state index in [4.69, 9.17) is 11.6 Å². The molecule has 1 aliphatic heterocycles. The summed E-state index contributed by atoms with van der Waals surface area (Å²) in [4.78, 5) is 13.3. The molecule has 5 nitrogen and oxygen atoms in total. The van der Waals surface area contributed by atoms with Gasteiger partial charge in [0, 0.05) is 48.8 Å². The van der Waals surface area contributed by atoms with Crippen molar-refractivity contribution in [2.45, 2.75) is 18.8 Å². The lowest BCUT2D eigenvalue weighted by molar-refractivity contribution is 0.0600. The molecule has 1 fully saturated rings. The van der Waals surface area contributed by atoms with E-state index in [1.807, 2.05) is 12.2 Å². The Labute approximate surface area is 160 Å². The van der Waals surface area contributed by atoms with Gasteiger partial charge in [-0.1, -0.05) is 23.7 Å². The molecule has 0 saturated heterocycles. The van der Waals surface area contributed by atoms with Gasteiger partial charge in [0.05, 0.1) is 12.7 Å². The molecule has 1 atom stereocenters. The number of carbonyl (C=O) groups is 1. The molecule has 0 amide bonds. The molecule has 1 heterocycles. The number of halogens is 3. The van der Waals surface area contributed by atoms with E-state index in [2.05, 4.69) is 21.7 Å². The van der Waals surface area contributed by atoms with Gasteiger partial charge in [0.2, 0.25) is 0 Å². The molecule has 0 radical (unpaired) electrons. The van der Waals surface area contributed by atoms with Crippen molar-refractivity contribution in [1.29, 1.82) is 0 Å². The maximum absolute atomic E-state index is 13.2. The third-order valence-corrected chi connectivity index (χ3v) is 4.86. The first-order chi connectivity index (χ1) is 12.9. The van der Waals surface area contributed by atoms with E-state index in [0.29, 0.717) is 23.0 Å². The minimum absolute atomic E-state index is 0.121. The molecule has 1 unspecified atom stereocenters. The Morgan fingerprint density at radius 1 is 1.48 bits per heavy atom. The summed E-state index contributed by atoms with van der Waals surface area (Å²) >= 11 is 6.29. The molecule has 0 bridgehead atoms. The molecule has 1 aromatic carbocycles. The Kier molecular flexibility index (Phi) is 5.41. The Morgan fingerprint density at radius 2 is 2.22 bits per heavy atom. The van der Waals surface area contributed by atoms with Gasteiger partial charge in [-0.25, -0.2) is 13.6 Å². The van der Waals surface area contributed by atoms with Crippen molar-refractivity contribution in [3.8, 4) is 0 Å². The van der Waals surface area contributed by atoms with Gasteiger partial charge in [0.1, 0.15) is 5.84 Å². The number of ether oxygens (including phenoxy) is 1. The Balaban J connectivity index is 1.73. The largest absolute Gasteiger partial charge is 0.465 e. The normalized spacial score (nSPS) is 20.9. The van der Waals surface area contributed by atoms with Crippen molar-refractivity contribution >= 4 is 35.7 Å². The van der Waals surface area contributed by atoms with Crippen LogP contribution in [0, 0.1) is 5.92 Å². The second-order valence-electron chi connectivity index (χ2n) is 6.34. The van der Waals surface area contributed by atoms with Gasteiger partial charge < -0.3 is 9.64 Å². The molecule has 2 aliphatic rings. The average molecular weight is 394 g/mol. The fraction of sp³-hybridized carbons (Fsp3) is 0.316. The highest BCUT2D eigenvalue weighted by molar-refractivity contribution is 6.32. The lowest BCUT2D eigenvalue weighted by atomic mass is 10.0. The standard InChI is InChI=1S/C19H18ClF2N3O2/c1-23-24-17(10-14-11-19(14,21)22)25-7-5-12(6-8-25)15-4-3-13(9-16(15)20)18(26)27-2/h3-7,9,14H,1,8,10-11H2,2H3/b24-17-. The molecule has 0 spiro atoms. The molecule has 3 rings (SSSR count). The van der Waals surface area contributed by atoms with Gasteiger partial charge in [-0.2, -0.15) is 5.10 Å². The SMILES string of the molecule is C=N/N=C(/CC1CC1(F)F)N1C=CC(c2ccc(C(=O)OC)cc2Cl)=CC1. The van der Waals surface area contributed by atoms with Crippen molar-refractivity contribution < 1.29 is 18.3 Å². The summed E-state index contributed by atoms with van der Waals surface area (Å²) in [5.41, 5.74) is 1.98. The summed E-state index contributed by atoms with van der Waals surface area (Å²) in [5, 5.41) is 7.83. The highest BCUT2D eigenvalue weighted by Gasteiger charge is 2.57. The van der Waals surface area contributed by atoms with Gasteiger partial charge in [-0.3, -0.25) is 0 Å². The van der Waals surface area contributed by atoms with E-state index < -0.39 is 17.8 Å². The van der Waals surface area contributed by atoms with Crippen LogP contribution in [-0.2, 0) is 4.74 Å². The van der Waals surface area contributed by atoms with E-state index in [9.17, 15) is 13.6 Å². The van der Waals surface area contributed by atoms with Crippen LogP contribution in [0.4, 0.5) is 8.78 Å². The smallest absolute Gasteiger partial charge is 0.337 e. The molecule has 27 heavy (non-hydrogen) atoms. The van der Waals surface area contributed by atoms with Crippen LogP contribution in [0.15, 0.2) is 46.8 Å². The predicted molar refractivity (Wildman–Crippen MR) is 101 cm³/mol. The first-order valence-electron chi connectivity index (χ1n) is 8.29. The first kappa shape index (κ1) is 19.2. The van der Waals surface area contributed by atoms with Gasteiger partial charge >= 0.3 is 5.97 Å². The van der Waals surface area contributed by atoms with Crippen LogP contribution in [0.5, 0.6) is 0 Å². The lowest BCUT2D eigenvalue weighted by Crippen LogP contribution is -2.28. The number of alkyl halides is 2. The zero-order valence-corrected chi connectivity index (χ0v) is 15.4. The van der Waals surface area contributed by atoms with Crippen LogP contribution < -0.4 is 0 Å². The van der Waals surface area contributed by atoms with Gasteiger partial charge in [0.15, 0.2) is 0 Å². The zero-order valence-electron chi connectivity index (χ0n) is 14.7. The maximum atomic E-state index is 13.2. The molecular formula is C19H18ClF2N3O2. The van der Waals surface area contributed by atoms with Crippen LogP contribution in [-0.4, -0.2) is 43.0 Å². The fourth-order valence-corrected chi connectivity index (χ4v) is 3.18. The monoisotopic (exact) mass is 393 g/mol. The molecular weight excluding hydrogens is 376 g/mol. The van der Waals surface area contributed by atoms with Crippen LogP contribution in [0.2, 0.25) is 5.02 Å². The minimum atomic E-state index is -2.61. The van der Waals surface area contributed by atoms with Gasteiger partial charge in [0.25, 0.3) is 5.92 Å². The zero-order chi connectivity index (χ0) is 19.6. The number of hydrogen-bond donors (Lipinski definition) is 0. The summed E-state index contributed by atoms with van der Waals surface area (Å²) in [6.45, 7) is 3.75. The number of nitrogens with zero attached hydrogens (tertiary/aromatic N) is 3. The van der Waals surface area contributed by atoms with Crippen molar-refractivity contribution in [2.75, 3.05) is 13.7 Å². The Bertz CT molecular complexity index is 865. The van der Waals surface area contributed by atoms with Crippen LogP contribution in [0.3, 0.4) is 0 Å². The summed E-state index contributed by atoms with van der Waals surface area (Å²) in [7, 11) is 1.31. The van der Waals surface area contributed by atoms with Gasteiger partial charge in [-0.15, -0.1) is 5.10 Å². The summed E-state index contributed by atoms with van der Waals surface area (Å²) < 4.78 is 31.1. The van der Waals surface area contributed by atoms with Crippen LogP contribution >= 0.6 is 11.6 Å². The Morgan fingerprint density at radius 3 is 2.74 bits per heavy atom. The topological polar surface area (TPSA) is 54.3 Å². The number of benzene rings is 1.